The van der Waals surface area contributed by atoms with Gasteiger partial charge in [-0.15, -0.1) is 0 Å². The molecule has 1 saturated carbocycles. The molecule has 1 fully saturated rings. The van der Waals surface area contributed by atoms with E-state index in [9.17, 15) is 0 Å². The van der Waals surface area contributed by atoms with E-state index < -0.39 is 0 Å². The van der Waals surface area contributed by atoms with Crippen LogP contribution in [0.5, 0.6) is 5.88 Å². The summed E-state index contributed by atoms with van der Waals surface area (Å²) in [5, 5.41) is 8.95. The summed E-state index contributed by atoms with van der Waals surface area (Å²) in [5.74, 6) is 0.441. The maximum absolute atomic E-state index is 8.95. The first-order chi connectivity index (χ1) is 8.33. The Morgan fingerprint density at radius 1 is 1.41 bits per heavy atom. The molecule has 0 aliphatic heterocycles. The van der Waals surface area contributed by atoms with Gasteiger partial charge in [-0.25, -0.2) is 4.98 Å². The standard InChI is InChI=1S/C12H18N2O3/c1-16-9-4-2-5-10(8-9)17-12-11(14-15)6-3-7-13-12/h3,6-7,9-10,14-15H,2,4-5,8H2,1H3/t9-,10-/m1/s1. The van der Waals surface area contributed by atoms with Crippen molar-refractivity contribution < 1.29 is 14.7 Å². The molecule has 0 unspecified atom stereocenters. The maximum Gasteiger partial charge on any atom is 0.239 e. The number of rotatable bonds is 4. The molecule has 2 atom stereocenters. The van der Waals surface area contributed by atoms with Gasteiger partial charge in [-0.05, 0) is 31.4 Å². The second-order valence-electron chi connectivity index (χ2n) is 4.23. The lowest BCUT2D eigenvalue weighted by atomic mass is 9.95. The zero-order valence-electron chi connectivity index (χ0n) is 9.93. The molecule has 1 heterocycles. The molecule has 0 aromatic carbocycles. The molecular formula is C12H18N2O3. The van der Waals surface area contributed by atoms with Gasteiger partial charge < -0.3 is 9.47 Å². The molecule has 0 radical (unpaired) electrons. The molecule has 0 bridgehead atoms. The number of anilines is 1. The van der Waals surface area contributed by atoms with Crippen LogP contribution < -0.4 is 10.2 Å². The smallest absolute Gasteiger partial charge is 0.239 e. The molecule has 1 aromatic rings. The maximum atomic E-state index is 8.95. The highest BCUT2D eigenvalue weighted by molar-refractivity contribution is 5.49. The number of hydrogen-bond donors (Lipinski definition) is 2. The molecule has 94 valence electrons. The van der Waals surface area contributed by atoms with Gasteiger partial charge in [0.05, 0.1) is 6.10 Å². The summed E-state index contributed by atoms with van der Waals surface area (Å²) in [6, 6.07) is 3.46. The minimum atomic E-state index is 0.107. The quantitative estimate of drug-likeness (QED) is 0.787. The Bertz CT molecular complexity index is 359. The topological polar surface area (TPSA) is 63.6 Å². The lowest BCUT2D eigenvalue weighted by Gasteiger charge is -2.28. The largest absolute Gasteiger partial charge is 0.473 e. The Morgan fingerprint density at radius 3 is 3.00 bits per heavy atom. The highest BCUT2D eigenvalue weighted by atomic mass is 16.5. The van der Waals surface area contributed by atoms with Gasteiger partial charge in [-0.3, -0.25) is 10.7 Å². The minimum absolute atomic E-state index is 0.107. The fraction of sp³-hybridized carbons (Fsp3) is 0.583. The lowest BCUT2D eigenvalue weighted by Crippen LogP contribution is -2.29. The fourth-order valence-corrected chi connectivity index (χ4v) is 2.15. The second kappa shape index (κ2) is 5.84. The SMILES string of the molecule is CO[C@@H]1CCC[C@@H](Oc2ncccc2NO)C1. The van der Waals surface area contributed by atoms with Crippen LogP contribution in [0.15, 0.2) is 18.3 Å². The van der Waals surface area contributed by atoms with Crippen molar-refractivity contribution in [2.75, 3.05) is 12.6 Å². The third-order valence-corrected chi connectivity index (χ3v) is 3.08. The first-order valence-corrected chi connectivity index (χ1v) is 5.88. The molecule has 1 aromatic heterocycles. The Morgan fingerprint density at radius 2 is 2.24 bits per heavy atom. The van der Waals surface area contributed by atoms with Crippen molar-refractivity contribution in [2.45, 2.75) is 37.9 Å². The lowest BCUT2D eigenvalue weighted by molar-refractivity contribution is 0.0196. The number of nitrogens with zero attached hydrogens (tertiary/aromatic N) is 1. The van der Waals surface area contributed by atoms with Crippen LogP contribution in [0.1, 0.15) is 25.7 Å². The van der Waals surface area contributed by atoms with E-state index >= 15 is 0 Å². The van der Waals surface area contributed by atoms with E-state index in [-0.39, 0.29) is 12.2 Å². The van der Waals surface area contributed by atoms with E-state index in [1.807, 2.05) is 0 Å². The Balaban J connectivity index is 2.00. The highest BCUT2D eigenvalue weighted by Crippen LogP contribution is 2.27. The van der Waals surface area contributed by atoms with E-state index in [1.54, 1.807) is 25.4 Å². The molecule has 5 nitrogen and oxygen atoms in total. The summed E-state index contributed by atoms with van der Waals surface area (Å²) in [5.41, 5.74) is 2.58. The van der Waals surface area contributed by atoms with Crippen molar-refractivity contribution in [2.24, 2.45) is 0 Å². The number of aromatic nitrogens is 1. The van der Waals surface area contributed by atoms with Crippen molar-refractivity contribution in [3.05, 3.63) is 18.3 Å². The number of methoxy groups -OCH3 is 1. The van der Waals surface area contributed by atoms with Gasteiger partial charge in [0.2, 0.25) is 5.88 Å². The minimum Gasteiger partial charge on any atom is -0.473 e. The summed E-state index contributed by atoms with van der Waals surface area (Å²) >= 11 is 0. The number of ether oxygens (including phenoxy) is 2. The van der Waals surface area contributed by atoms with Crippen LogP contribution >= 0.6 is 0 Å². The molecule has 1 aliphatic rings. The molecule has 0 spiro atoms. The summed E-state index contributed by atoms with van der Waals surface area (Å²) in [6.45, 7) is 0. The predicted molar refractivity (Wildman–Crippen MR) is 63.3 cm³/mol. The summed E-state index contributed by atoms with van der Waals surface area (Å²) in [4.78, 5) is 4.11. The van der Waals surface area contributed by atoms with Gasteiger partial charge in [0, 0.05) is 19.7 Å². The van der Waals surface area contributed by atoms with Gasteiger partial charge >= 0.3 is 0 Å². The first-order valence-electron chi connectivity index (χ1n) is 5.88. The molecule has 5 heteroatoms. The van der Waals surface area contributed by atoms with Crippen LogP contribution in [-0.2, 0) is 4.74 Å². The average Bonchev–Trinajstić information content (AvgIpc) is 2.39. The fourth-order valence-electron chi connectivity index (χ4n) is 2.15. The van der Waals surface area contributed by atoms with Crippen LogP contribution in [0, 0.1) is 0 Å². The zero-order valence-corrected chi connectivity index (χ0v) is 9.93. The van der Waals surface area contributed by atoms with Gasteiger partial charge in [0.25, 0.3) is 0 Å². The Kier molecular flexibility index (Phi) is 4.17. The van der Waals surface area contributed by atoms with E-state index in [0.717, 1.165) is 25.7 Å². The summed E-state index contributed by atoms with van der Waals surface area (Å²) < 4.78 is 11.1. The van der Waals surface area contributed by atoms with Crippen molar-refractivity contribution in [3.63, 3.8) is 0 Å². The third-order valence-electron chi connectivity index (χ3n) is 3.08. The van der Waals surface area contributed by atoms with E-state index in [4.69, 9.17) is 14.7 Å². The van der Waals surface area contributed by atoms with Crippen LogP contribution in [-0.4, -0.2) is 29.5 Å². The van der Waals surface area contributed by atoms with E-state index in [2.05, 4.69) is 10.5 Å². The van der Waals surface area contributed by atoms with Crippen LogP contribution in [0.25, 0.3) is 0 Å². The molecule has 2 N–H and O–H groups in total. The van der Waals surface area contributed by atoms with Gasteiger partial charge in [-0.1, -0.05) is 0 Å². The molecule has 1 aliphatic carbocycles. The predicted octanol–water partition coefficient (Wildman–Crippen LogP) is 2.22. The normalized spacial score (nSPS) is 24.4. The summed E-state index contributed by atoms with van der Waals surface area (Å²) in [7, 11) is 1.73. The van der Waals surface area contributed by atoms with Gasteiger partial charge in [-0.2, -0.15) is 0 Å². The van der Waals surface area contributed by atoms with Crippen LogP contribution in [0.3, 0.4) is 0 Å². The summed E-state index contributed by atoms with van der Waals surface area (Å²) in [6.07, 6.45) is 6.08. The number of nitrogens with one attached hydrogen (secondary N) is 1. The zero-order chi connectivity index (χ0) is 12.1. The second-order valence-corrected chi connectivity index (χ2v) is 4.23. The van der Waals surface area contributed by atoms with Gasteiger partial charge in [0.15, 0.2) is 0 Å². The first kappa shape index (κ1) is 12.1. The van der Waals surface area contributed by atoms with Gasteiger partial charge in [0.1, 0.15) is 11.8 Å². The molecular weight excluding hydrogens is 220 g/mol. The van der Waals surface area contributed by atoms with Crippen molar-refractivity contribution >= 4 is 5.69 Å². The van der Waals surface area contributed by atoms with Crippen molar-refractivity contribution in [1.82, 2.24) is 4.98 Å². The molecule has 0 amide bonds. The highest BCUT2D eigenvalue weighted by Gasteiger charge is 2.24. The van der Waals surface area contributed by atoms with Crippen molar-refractivity contribution in [1.29, 1.82) is 0 Å². The van der Waals surface area contributed by atoms with E-state index in [1.165, 1.54) is 0 Å². The Labute approximate surface area is 101 Å². The van der Waals surface area contributed by atoms with Crippen molar-refractivity contribution in [3.8, 4) is 5.88 Å². The van der Waals surface area contributed by atoms with Crippen LogP contribution in [0.2, 0.25) is 0 Å². The average molecular weight is 238 g/mol. The monoisotopic (exact) mass is 238 g/mol. The van der Waals surface area contributed by atoms with Crippen LogP contribution in [0.4, 0.5) is 5.69 Å². The molecule has 17 heavy (non-hydrogen) atoms. The third kappa shape index (κ3) is 3.08. The molecule has 2 rings (SSSR count). The Hall–Kier alpha value is -1.33. The molecule has 0 saturated heterocycles. The number of pyridine rings is 1. The van der Waals surface area contributed by atoms with E-state index in [0.29, 0.717) is 11.6 Å². The number of hydrogen-bond acceptors (Lipinski definition) is 5.